The molecule has 110 valence electrons. The molecular weight excluding hydrogens is 292 g/mol. The average molecular weight is 306 g/mol. The summed E-state index contributed by atoms with van der Waals surface area (Å²) in [5, 5.41) is 10.5. The minimum absolute atomic E-state index is 0.0172. The molecular formula is C14H14N2O4S. The second kappa shape index (κ2) is 6.47. The van der Waals surface area contributed by atoms with Gasteiger partial charge in [-0.2, -0.15) is 0 Å². The molecule has 0 aliphatic rings. The van der Waals surface area contributed by atoms with E-state index in [-0.39, 0.29) is 17.1 Å². The molecule has 0 radical (unpaired) electrons. The second-order valence-electron chi connectivity index (χ2n) is 4.38. The Hall–Kier alpha value is -2.25. The van der Waals surface area contributed by atoms with Crippen molar-refractivity contribution in [1.82, 2.24) is 4.72 Å². The number of nitro benzene ring substituents is 1. The lowest BCUT2D eigenvalue weighted by Gasteiger charge is -2.06. The summed E-state index contributed by atoms with van der Waals surface area (Å²) in [6, 6.07) is 14.2. The molecule has 2 aromatic rings. The van der Waals surface area contributed by atoms with Gasteiger partial charge in [-0.3, -0.25) is 10.1 Å². The molecule has 0 aromatic heterocycles. The Morgan fingerprint density at radius 3 is 2.19 bits per heavy atom. The Morgan fingerprint density at radius 2 is 1.62 bits per heavy atom. The third-order valence-electron chi connectivity index (χ3n) is 2.91. The van der Waals surface area contributed by atoms with Crippen molar-refractivity contribution in [2.24, 2.45) is 0 Å². The van der Waals surface area contributed by atoms with Crippen molar-refractivity contribution in [1.29, 1.82) is 0 Å². The molecule has 0 atom stereocenters. The first-order valence-electron chi connectivity index (χ1n) is 6.27. The van der Waals surface area contributed by atoms with E-state index in [9.17, 15) is 18.5 Å². The van der Waals surface area contributed by atoms with E-state index in [0.717, 1.165) is 5.56 Å². The third kappa shape index (κ3) is 4.11. The van der Waals surface area contributed by atoms with E-state index in [1.54, 1.807) is 30.3 Å². The van der Waals surface area contributed by atoms with Crippen molar-refractivity contribution in [3.8, 4) is 0 Å². The Labute approximate surface area is 122 Å². The monoisotopic (exact) mass is 306 g/mol. The summed E-state index contributed by atoms with van der Waals surface area (Å²) in [5.74, 6) is 0. The van der Waals surface area contributed by atoms with E-state index in [4.69, 9.17) is 0 Å². The summed E-state index contributed by atoms with van der Waals surface area (Å²) in [7, 11) is -3.51. The van der Waals surface area contributed by atoms with E-state index in [1.807, 2.05) is 0 Å². The predicted octanol–water partition coefficient (Wildman–Crippen LogP) is 2.12. The summed E-state index contributed by atoms with van der Waals surface area (Å²) < 4.78 is 26.4. The summed E-state index contributed by atoms with van der Waals surface area (Å²) in [4.78, 5) is 10.3. The molecule has 0 amide bonds. The van der Waals surface area contributed by atoms with Crippen molar-refractivity contribution in [3.63, 3.8) is 0 Å². The minimum atomic E-state index is -3.51. The molecule has 0 unspecified atom stereocenters. The number of nitro groups is 1. The highest BCUT2D eigenvalue weighted by molar-refractivity contribution is 7.89. The SMILES string of the molecule is O=[N+]([O-])c1ccc(CCNS(=O)(=O)c2ccccc2)cc1. The highest BCUT2D eigenvalue weighted by Crippen LogP contribution is 2.12. The number of rotatable bonds is 6. The first kappa shape index (κ1) is 15.1. The normalized spacial score (nSPS) is 11.2. The number of sulfonamides is 1. The number of non-ortho nitro benzene ring substituents is 1. The van der Waals surface area contributed by atoms with Gasteiger partial charge >= 0.3 is 0 Å². The maximum Gasteiger partial charge on any atom is 0.269 e. The Balaban J connectivity index is 1.94. The molecule has 7 heteroatoms. The van der Waals surface area contributed by atoms with Crippen LogP contribution in [-0.2, 0) is 16.4 Å². The van der Waals surface area contributed by atoms with Gasteiger partial charge in [-0.05, 0) is 24.1 Å². The van der Waals surface area contributed by atoms with E-state index in [2.05, 4.69) is 4.72 Å². The number of hydrogen-bond donors (Lipinski definition) is 1. The van der Waals surface area contributed by atoms with Gasteiger partial charge in [0.25, 0.3) is 5.69 Å². The fourth-order valence-corrected chi connectivity index (χ4v) is 2.85. The smallest absolute Gasteiger partial charge is 0.258 e. The maximum atomic E-state index is 12.0. The van der Waals surface area contributed by atoms with Gasteiger partial charge in [-0.15, -0.1) is 0 Å². The predicted molar refractivity (Wildman–Crippen MR) is 78.4 cm³/mol. The largest absolute Gasteiger partial charge is 0.269 e. The third-order valence-corrected chi connectivity index (χ3v) is 4.38. The van der Waals surface area contributed by atoms with Crippen LogP contribution < -0.4 is 4.72 Å². The Morgan fingerprint density at radius 1 is 1.00 bits per heavy atom. The van der Waals surface area contributed by atoms with Gasteiger partial charge in [0.15, 0.2) is 0 Å². The van der Waals surface area contributed by atoms with Gasteiger partial charge < -0.3 is 0 Å². The van der Waals surface area contributed by atoms with Gasteiger partial charge in [-0.1, -0.05) is 30.3 Å². The van der Waals surface area contributed by atoms with Crippen LogP contribution in [-0.4, -0.2) is 19.9 Å². The molecule has 2 rings (SSSR count). The molecule has 0 bridgehead atoms. The van der Waals surface area contributed by atoms with Crippen molar-refractivity contribution in [2.45, 2.75) is 11.3 Å². The fourth-order valence-electron chi connectivity index (χ4n) is 1.80. The zero-order valence-corrected chi connectivity index (χ0v) is 11.9. The van der Waals surface area contributed by atoms with Crippen LogP contribution in [0.1, 0.15) is 5.56 Å². The highest BCUT2D eigenvalue weighted by atomic mass is 32.2. The summed E-state index contributed by atoms with van der Waals surface area (Å²) in [6.45, 7) is 0.231. The maximum absolute atomic E-state index is 12.0. The standard InChI is InChI=1S/C14H14N2O4S/c17-16(18)13-8-6-12(7-9-13)10-11-15-21(19,20)14-4-2-1-3-5-14/h1-9,15H,10-11H2. The summed E-state index contributed by atoms with van der Waals surface area (Å²) in [5.41, 5.74) is 0.847. The van der Waals surface area contributed by atoms with Crippen LogP contribution in [0.4, 0.5) is 5.69 Å². The molecule has 0 aliphatic carbocycles. The number of hydrogen-bond acceptors (Lipinski definition) is 4. The first-order chi connectivity index (χ1) is 9.99. The molecule has 0 fully saturated rings. The lowest BCUT2D eigenvalue weighted by molar-refractivity contribution is -0.384. The molecule has 0 saturated heterocycles. The summed E-state index contributed by atoms with van der Waals surface area (Å²) >= 11 is 0. The quantitative estimate of drug-likeness (QED) is 0.654. The van der Waals surface area contributed by atoms with Crippen molar-refractivity contribution in [3.05, 3.63) is 70.3 Å². The Bertz CT molecular complexity index is 712. The lowest BCUT2D eigenvalue weighted by Crippen LogP contribution is -2.25. The summed E-state index contributed by atoms with van der Waals surface area (Å²) in [6.07, 6.45) is 0.462. The van der Waals surface area contributed by atoms with E-state index in [1.165, 1.54) is 24.3 Å². The molecule has 0 aliphatic heterocycles. The van der Waals surface area contributed by atoms with Crippen LogP contribution in [0.2, 0.25) is 0 Å². The lowest BCUT2D eigenvalue weighted by atomic mass is 10.1. The van der Waals surface area contributed by atoms with Crippen LogP contribution in [0.5, 0.6) is 0 Å². The van der Waals surface area contributed by atoms with Gasteiger partial charge in [-0.25, -0.2) is 13.1 Å². The fraction of sp³-hybridized carbons (Fsp3) is 0.143. The van der Waals surface area contributed by atoms with E-state index >= 15 is 0 Å². The topological polar surface area (TPSA) is 89.3 Å². The van der Waals surface area contributed by atoms with Crippen LogP contribution in [0.15, 0.2) is 59.5 Å². The van der Waals surface area contributed by atoms with Crippen molar-refractivity contribution >= 4 is 15.7 Å². The van der Waals surface area contributed by atoms with E-state index in [0.29, 0.717) is 6.42 Å². The van der Waals surface area contributed by atoms with Crippen LogP contribution in [0.3, 0.4) is 0 Å². The van der Waals surface area contributed by atoms with Crippen LogP contribution in [0.25, 0.3) is 0 Å². The van der Waals surface area contributed by atoms with Gasteiger partial charge in [0.05, 0.1) is 9.82 Å². The van der Waals surface area contributed by atoms with Crippen molar-refractivity contribution < 1.29 is 13.3 Å². The average Bonchev–Trinajstić information content (AvgIpc) is 2.48. The van der Waals surface area contributed by atoms with Gasteiger partial charge in [0.2, 0.25) is 10.0 Å². The zero-order chi connectivity index (χ0) is 15.3. The second-order valence-corrected chi connectivity index (χ2v) is 6.15. The van der Waals surface area contributed by atoms with Crippen LogP contribution >= 0.6 is 0 Å². The molecule has 0 saturated carbocycles. The molecule has 0 heterocycles. The van der Waals surface area contributed by atoms with Gasteiger partial charge in [0.1, 0.15) is 0 Å². The minimum Gasteiger partial charge on any atom is -0.258 e. The van der Waals surface area contributed by atoms with E-state index < -0.39 is 14.9 Å². The van der Waals surface area contributed by atoms with Crippen molar-refractivity contribution in [2.75, 3.05) is 6.54 Å². The molecule has 2 aromatic carbocycles. The molecule has 1 N–H and O–H groups in total. The first-order valence-corrected chi connectivity index (χ1v) is 7.75. The zero-order valence-electron chi connectivity index (χ0n) is 11.1. The Kier molecular flexibility index (Phi) is 4.66. The molecule has 0 spiro atoms. The van der Waals surface area contributed by atoms with Gasteiger partial charge in [0, 0.05) is 18.7 Å². The number of nitrogens with zero attached hydrogens (tertiary/aromatic N) is 1. The molecule has 6 nitrogen and oxygen atoms in total. The van der Waals surface area contributed by atoms with Crippen LogP contribution in [0, 0.1) is 10.1 Å². The highest BCUT2D eigenvalue weighted by Gasteiger charge is 2.12. The number of nitrogens with one attached hydrogen (secondary N) is 1. The number of benzene rings is 2. The molecule has 21 heavy (non-hydrogen) atoms.